The highest BCUT2D eigenvalue weighted by Crippen LogP contribution is 2.23. The standard InChI is InChI=1S/C13H12BrN3OS2/c1-16(8-10-2-3-11(14)20-10)12(18)6-9-7-17-4-5-19-13(17)15-9/h2-5,7H,6,8H2,1H3. The molecule has 3 rings (SSSR count). The van der Waals surface area contributed by atoms with Crippen LogP contribution in [-0.2, 0) is 17.8 Å². The van der Waals surface area contributed by atoms with Crippen molar-refractivity contribution in [2.45, 2.75) is 13.0 Å². The van der Waals surface area contributed by atoms with E-state index < -0.39 is 0 Å². The van der Waals surface area contributed by atoms with Crippen molar-refractivity contribution in [2.75, 3.05) is 7.05 Å². The maximum atomic E-state index is 12.2. The minimum atomic E-state index is 0.0836. The molecule has 0 radical (unpaired) electrons. The molecule has 104 valence electrons. The average Bonchev–Trinajstić information content (AvgIpc) is 3.05. The lowest BCUT2D eigenvalue weighted by atomic mass is 10.3. The molecule has 3 heterocycles. The first kappa shape index (κ1) is 13.8. The van der Waals surface area contributed by atoms with Crippen LogP contribution in [-0.4, -0.2) is 27.2 Å². The van der Waals surface area contributed by atoms with Crippen LogP contribution in [0.2, 0.25) is 0 Å². The third-order valence-corrected chi connectivity index (χ3v) is 5.30. The van der Waals surface area contributed by atoms with Gasteiger partial charge in [0.15, 0.2) is 4.96 Å². The van der Waals surface area contributed by atoms with E-state index in [-0.39, 0.29) is 5.91 Å². The molecule has 7 heteroatoms. The van der Waals surface area contributed by atoms with E-state index in [1.165, 1.54) is 4.88 Å². The molecule has 3 aromatic rings. The summed E-state index contributed by atoms with van der Waals surface area (Å²) < 4.78 is 3.03. The van der Waals surface area contributed by atoms with Crippen molar-refractivity contribution in [2.24, 2.45) is 0 Å². The van der Waals surface area contributed by atoms with Gasteiger partial charge < -0.3 is 4.90 Å². The van der Waals surface area contributed by atoms with Crippen molar-refractivity contribution >= 4 is 49.5 Å². The molecule has 0 spiro atoms. The first-order valence-electron chi connectivity index (χ1n) is 6.01. The number of likely N-dealkylation sites (N-methyl/N-ethyl adjacent to an activating group) is 1. The molecule has 0 unspecified atom stereocenters. The Morgan fingerprint density at radius 1 is 1.50 bits per heavy atom. The van der Waals surface area contributed by atoms with Crippen LogP contribution in [0.3, 0.4) is 0 Å². The number of fused-ring (bicyclic) bond motifs is 1. The Kier molecular flexibility index (Phi) is 3.91. The molecule has 1 amide bonds. The van der Waals surface area contributed by atoms with Gasteiger partial charge in [0, 0.05) is 29.7 Å². The largest absolute Gasteiger partial charge is 0.340 e. The second-order valence-electron chi connectivity index (χ2n) is 4.46. The number of halogens is 1. The van der Waals surface area contributed by atoms with Crippen molar-refractivity contribution in [1.82, 2.24) is 14.3 Å². The van der Waals surface area contributed by atoms with E-state index in [9.17, 15) is 4.79 Å². The van der Waals surface area contributed by atoms with Crippen LogP contribution in [0, 0.1) is 0 Å². The lowest BCUT2D eigenvalue weighted by molar-refractivity contribution is -0.129. The Balaban J connectivity index is 1.64. The number of amides is 1. The zero-order chi connectivity index (χ0) is 14.1. The molecule has 3 aromatic heterocycles. The van der Waals surface area contributed by atoms with Crippen LogP contribution in [0.5, 0.6) is 0 Å². The topological polar surface area (TPSA) is 37.6 Å². The fourth-order valence-electron chi connectivity index (χ4n) is 1.91. The normalized spacial score (nSPS) is 11.1. The number of nitrogens with zero attached hydrogens (tertiary/aromatic N) is 3. The van der Waals surface area contributed by atoms with Gasteiger partial charge in [-0.3, -0.25) is 9.20 Å². The van der Waals surface area contributed by atoms with Crippen molar-refractivity contribution in [3.63, 3.8) is 0 Å². The Hall–Kier alpha value is -1.18. The molecule has 4 nitrogen and oxygen atoms in total. The van der Waals surface area contributed by atoms with Gasteiger partial charge in [-0.2, -0.15) is 0 Å². The second kappa shape index (κ2) is 5.67. The van der Waals surface area contributed by atoms with Crippen molar-refractivity contribution in [1.29, 1.82) is 0 Å². The summed E-state index contributed by atoms with van der Waals surface area (Å²) in [6.07, 6.45) is 4.21. The Bertz CT molecular complexity index is 717. The van der Waals surface area contributed by atoms with Gasteiger partial charge in [0.2, 0.25) is 5.91 Å². The molecule has 0 N–H and O–H groups in total. The van der Waals surface area contributed by atoms with E-state index in [2.05, 4.69) is 20.9 Å². The molecular formula is C13H12BrN3OS2. The smallest absolute Gasteiger partial charge is 0.228 e. The molecule has 20 heavy (non-hydrogen) atoms. The molecule has 0 aliphatic rings. The number of thiophene rings is 1. The van der Waals surface area contributed by atoms with Gasteiger partial charge in [-0.1, -0.05) is 0 Å². The fraction of sp³-hybridized carbons (Fsp3) is 0.231. The minimum Gasteiger partial charge on any atom is -0.340 e. The van der Waals surface area contributed by atoms with E-state index in [0.29, 0.717) is 13.0 Å². The summed E-state index contributed by atoms with van der Waals surface area (Å²) in [7, 11) is 1.83. The summed E-state index contributed by atoms with van der Waals surface area (Å²) in [4.78, 5) is 20.5. The first-order chi connectivity index (χ1) is 9.61. The van der Waals surface area contributed by atoms with E-state index in [1.807, 2.05) is 41.4 Å². The summed E-state index contributed by atoms with van der Waals surface area (Å²) >= 11 is 6.65. The summed E-state index contributed by atoms with van der Waals surface area (Å²) in [6.45, 7) is 0.636. The number of hydrogen-bond donors (Lipinski definition) is 0. The Morgan fingerprint density at radius 3 is 3.05 bits per heavy atom. The molecule has 0 bridgehead atoms. The highest BCUT2D eigenvalue weighted by molar-refractivity contribution is 9.11. The molecule has 0 atom stereocenters. The second-order valence-corrected chi connectivity index (χ2v) is 7.88. The summed E-state index contributed by atoms with van der Waals surface area (Å²) in [6, 6.07) is 4.03. The van der Waals surface area contributed by atoms with Gasteiger partial charge in [0.25, 0.3) is 0 Å². The maximum Gasteiger partial charge on any atom is 0.228 e. The van der Waals surface area contributed by atoms with Crippen LogP contribution >= 0.6 is 38.6 Å². The number of carbonyl (C=O) groups excluding carboxylic acids is 1. The number of carbonyl (C=O) groups is 1. The lowest BCUT2D eigenvalue weighted by Gasteiger charge is -2.15. The third kappa shape index (κ3) is 2.94. The number of aromatic nitrogens is 2. The Morgan fingerprint density at radius 2 is 2.35 bits per heavy atom. The van der Waals surface area contributed by atoms with Crippen molar-refractivity contribution in [3.8, 4) is 0 Å². The SMILES string of the molecule is CN(Cc1ccc(Br)s1)C(=O)Cc1cn2ccsc2n1. The van der Waals surface area contributed by atoms with Gasteiger partial charge >= 0.3 is 0 Å². The molecule has 0 aromatic carbocycles. The van der Waals surface area contributed by atoms with Gasteiger partial charge in [-0.15, -0.1) is 22.7 Å². The predicted octanol–water partition coefficient (Wildman–Crippen LogP) is 3.42. The van der Waals surface area contributed by atoms with Crippen LogP contribution < -0.4 is 0 Å². The molecular weight excluding hydrogens is 358 g/mol. The lowest BCUT2D eigenvalue weighted by Crippen LogP contribution is -2.27. The summed E-state index contributed by atoms with van der Waals surface area (Å²) in [5.41, 5.74) is 0.820. The van der Waals surface area contributed by atoms with E-state index >= 15 is 0 Å². The van der Waals surface area contributed by atoms with Crippen LogP contribution in [0.1, 0.15) is 10.6 Å². The van der Waals surface area contributed by atoms with Crippen molar-refractivity contribution < 1.29 is 4.79 Å². The number of rotatable bonds is 4. The number of hydrogen-bond acceptors (Lipinski definition) is 4. The highest BCUT2D eigenvalue weighted by Gasteiger charge is 2.13. The molecule has 0 saturated heterocycles. The molecule has 0 saturated carbocycles. The monoisotopic (exact) mass is 369 g/mol. The van der Waals surface area contributed by atoms with Crippen LogP contribution in [0.15, 0.2) is 33.7 Å². The number of imidazole rings is 1. The molecule has 0 aliphatic heterocycles. The first-order valence-corrected chi connectivity index (χ1v) is 8.50. The van der Waals surface area contributed by atoms with Crippen molar-refractivity contribution in [3.05, 3.63) is 44.3 Å². The minimum absolute atomic E-state index is 0.0836. The van der Waals surface area contributed by atoms with E-state index in [4.69, 9.17) is 0 Å². The molecule has 0 fully saturated rings. The number of thiazole rings is 1. The zero-order valence-corrected chi connectivity index (χ0v) is 14.0. The maximum absolute atomic E-state index is 12.2. The quantitative estimate of drug-likeness (QED) is 0.706. The summed E-state index contributed by atoms with van der Waals surface area (Å²) in [5, 5.41) is 1.98. The third-order valence-electron chi connectivity index (χ3n) is 2.92. The Labute approximate surface area is 132 Å². The predicted molar refractivity (Wildman–Crippen MR) is 85.3 cm³/mol. The average molecular weight is 370 g/mol. The van der Waals surface area contributed by atoms with Gasteiger partial charge in [-0.25, -0.2) is 4.98 Å². The van der Waals surface area contributed by atoms with Crippen LogP contribution in [0.25, 0.3) is 4.96 Å². The van der Waals surface area contributed by atoms with Crippen LogP contribution in [0.4, 0.5) is 0 Å². The molecule has 0 aliphatic carbocycles. The van der Waals surface area contributed by atoms with Gasteiger partial charge in [0.1, 0.15) is 0 Å². The van der Waals surface area contributed by atoms with E-state index in [0.717, 1.165) is 14.4 Å². The van der Waals surface area contributed by atoms with Gasteiger partial charge in [0.05, 0.1) is 22.4 Å². The summed E-state index contributed by atoms with van der Waals surface area (Å²) in [5.74, 6) is 0.0836. The van der Waals surface area contributed by atoms with E-state index in [1.54, 1.807) is 27.6 Å². The highest BCUT2D eigenvalue weighted by atomic mass is 79.9. The zero-order valence-electron chi connectivity index (χ0n) is 10.7. The van der Waals surface area contributed by atoms with Gasteiger partial charge in [-0.05, 0) is 28.1 Å². The fourth-order valence-corrected chi connectivity index (χ4v) is 4.17.